The number of ketones is 1. The Morgan fingerprint density at radius 1 is 0.941 bits per heavy atom. The highest BCUT2D eigenvalue weighted by molar-refractivity contribution is 6.08. The van der Waals surface area contributed by atoms with Crippen molar-refractivity contribution in [3.8, 4) is 0 Å². The average molecular weight is 457 g/mol. The van der Waals surface area contributed by atoms with Crippen molar-refractivity contribution in [3.05, 3.63) is 101 Å². The van der Waals surface area contributed by atoms with E-state index in [4.69, 9.17) is 4.74 Å². The highest BCUT2D eigenvalue weighted by atomic mass is 16.6. The van der Waals surface area contributed by atoms with Crippen molar-refractivity contribution in [3.63, 3.8) is 0 Å². The van der Waals surface area contributed by atoms with Crippen molar-refractivity contribution < 1.29 is 19.1 Å². The maximum absolute atomic E-state index is 13.3. The molecule has 0 aliphatic rings. The van der Waals surface area contributed by atoms with Gasteiger partial charge in [0.05, 0.1) is 24.8 Å². The number of fused-ring (bicyclic) bond motifs is 1. The summed E-state index contributed by atoms with van der Waals surface area (Å²) < 4.78 is 12.2. The summed E-state index contributed by atoms with van der Waals surface area (Å²) in [6.45, 7) is 4.63. The van der Waals surface area contributed by atoms with Crippen LogP contribution in [0.1, 0.15) is 39.8 Å². The monoisotopic (exact) mass is 456 g/mol. The quantitative estimate of drug-likeness (QED) is 0.265. The number of aromatic nitrogens is 2. The molecule has 0 radical (unpaired) electrons. The number of carbonyl (C=O) groups is 2. The summed E-state index contributed by atoms with van der Waals surface area (Å²) in [5.41, 5.74) is 5.61. The third-order valence-electron chi connectivity index (χ3n) is 5.85. The summed E-state index contributed by atoms with van der Waals surface area (Å²) in [5, 5.41) is 0. The molecule has 4 rings (SSSR count). The molecule has 1 aromatic heterocycles. The van der Waals surface area contributed by atoms with Gasteiger partial charge in [-0.2, -0.15) is 0 Å². The minimum absolute atomic E-state index is 0.0802. The molecule has 0 spiro atoms. The molecular formula is C28H28N2O4. The lowest BCUT2D eigenvalue weighted by Gasteiger charge is -2.12. The third-order valence-corrected chi connectivity index (χ3v) is 5.85. The molecule has 0 aliphatic carbocycles. The van der Waals surface area contributed by atoms with E-state index in [0.29, 0.717) is 24.5 Å². The summed E-state index contributed by atoms with van der Waals surface area (Å²) in [5.74, 6) is -0.0181. The van der Waals surface area contributed by atoms with E-state index in [1.54, 1.807) is 6.92 Å². The number of benzene rings is 3. The molecule has 3 aromatic carbocycles. The lowest BCUT2D eigenvalue weighted by atomic mass is 10.1. The summed E-state index contributed by atoms with van der Waals surface area (Å²) in [7, 11) is 1.35. The van der Waals surface area contributed by atoms with Gasteiger partial charge in [-0.25, -0.2) is 9.78 Å². The van der Waals surface area contributed by atoms with Crippen molar-refractivity contribution in [2.24, 2.45) is 0 Å². The number of methoxy groups -OCH3 is 1. The number of imidazole rings is 1. The van der Waals surface area contributed by atoms with Crippen LogP contribution < -0.4 is 0 Å². The van der Waals surface area contributed by atoms with E-state index in [-0.39, 0.29) is 11.8 Å². The highest BCUT2D eigenvalue weighted by Crippen LogP contribution is 2.20. The normalized spacial score (nSPS) is 12.0. The van der Waals surface area contributed by atoms with Crippen LogP contribution in [0.3, 0.4) is 0 Å². The molecule has 0 N–H and O–H groups in total. The lowest BCUT2D eigenvalue weighted by molar-refractivity contribution is -0.153. The van der Waals surface area contributed by atoms with E-state index >= 15 is 0 Å². The smallest absolute Gasteiger partial charge is 0.334 e. The van der Waals surface area contributed by atoms with E-state index in [9.17, 15) is 9.59 Å². The maximum atomic E-state index is 13.3. The van der Waals surface area contributed by atoms with Gasteiger partial charge in [-0.3, -0.25) is 4.79 Å². The molecule has 1 atom stereocenters. The molecule has 174 valence electrons. The molecule has 0 aliphatic heterocycles. The van der Waals surface area contributed by atoms with Crippen LogP contribution in [-0.4, -0.2) is 34.5 Å². The van der Waals surface area contributed by atoms with Crippen LogP contribution in [0.5, 0.6) is 0 Å². The Bertz CT molecular complexity index is 1290. The molecular weight excluding hydrogens is 428 g/mol. The number of nitrogens with zero attached hydrogens (tertiary/aromatic N) is 2. The van der Waals surface area contributed by atoms with Crippen molar-refractivity contribution in [2.45, 2.75) is 39.5 Å². The molecule has 0 saturated heterocycles. The van der Waals surface area contributed by atoms with Crippen LogP contribution in [0.4, 0.5) is 0 Å². The number of carbonyl (C=O) groups excluding carboxylic acids is 2. The van der Waals surface area contributed by atoms with Crippen LogP contribution >= 0.6 is 0 Å². The minimum Gasteiger partial charge on any atom is -0.467 e. The Kier molecular flexibility index (Phi) is 7.18. The number of esters is 1. The summed E-state index contributed by atoms with van der Waals surface area (Å²) in [4.78, 5) is 29.4. The van der Waals surface area contributed by atoms with Crippen LogP contribution in [0.25, 0.3) is 11.0 Å². The number of hydrogen-bond donors (Lipinski definition) is 0. The molecule has 6 nitrogen and oxygen atoms in total. The van der Waals surface area contributed by atoms with E-state index in [1.165, 1.54) is 7.11 Å². The Morgan fingerprint density at radius 3 is 2.32 bits per heavy atom. The summed E-state index contributed by atoms with van der Waals surface area (Å²) >= 11 is 0. The maximum Gasteiger partial charge on any atom is 0.334 e. The Balaban J connectivity index is 1.50. The molecule has 0 amide bonds. The van der Waals surface area contributed by atoms with Crippen molar-refractivity contribution in [1.29, 1.82) is 0 Å². The number of rotatable bonds is 9. The Hall–Kier alpha value is -3.77. The average Bonchev–Trinajstić information content (AvgIpc) is 3.24. The zero-order valence-corrected chi connectivity index (χ0v) is 19.7. The predicted molar refractivity (Wildman–Crippen MR) is 131 cm³/mol. The van der Waals surface area contributed by atoms with Crippen molar-refractivity contribution in [1.82, 2.24) is 9.55 Å². The number of para-hydroxylation sites is 2. The number of ether oxygens (including phenoxy) is 2. The zero-order chi connectivity index (χ0) is 24.1. The SMILES string of the molecule is COC(=O)[C@@H](C)OCc1ccc(CCn2c(C(=O)c3ccc(C)cc3)nc3ccccc32)cc1. The minimum atomic E-state index is -0.608. The lowest BCUT2D eigenvalue weighted by Crippen LogP contribution is -2.21. The molecule has 0 fully saturated rings. The Morgan fingerprint density at radius 2 is 1.62 bits per heavy atom. The fraction of sp³-hybridized carbons (Fsp3) is 0.250. The second kappa shape index (κ2) is 10.4. The fourth-order valence-corrected chi connectivity index (χ4v) is 3.81. The van der Waals surface area contributed by atoms with Gasteiger partial charge in [0.1, 0.15) is 0 Å². The fourth-order valence-electron chi connectivity index (χ4n) is 3.81. The number of hydrogen-bond acceptors (Lipinski definition) is 5. The van der Waals surface area contributed by atoms with Crippen LogP contribution in [-0.2, 0) is 33.8 Å². The first-order chi connectivity index (χ1) is 16.5. The van der Waals surface area contributed by atoms with Gasteiger partial charge < -0.3 is 14.0 Å². The second-order valence-electron chi connectivity index (χ2n) is 8.31. The summed E-state index contributed by atoms with van der Waals surface area (Å²) in [6, 6.07) is 23.5. The second-order valence-corrected chi connectivity index (χ2v) is 8.31. The first kappa shape index (κ1) is 23.4. The summed E-state index contributed by atoms with van der Waals surface area (Å²) in [6.07, 6.45) is 0.137. The van der Waals surface area contributed by atoms with Crippen molar-refractivity contribution >= 4 is 22.8 Å². The molecule has 6 heteroatoms. The van der Waals surface area contributed by atoms with Crippen molar-refractivity contribution in [2.75, 3.05) is 7.11 Å². The standard InChI is InChI=1S/C28H28N2O4/c1-19-8-14-23(15-9-19)26(31)27-29-24-6-4-5-7-25(24)30(27)17-16-21-10-12-22(13-11-21)18-34-20(2)28(32)33-3/h4-15,20H,16-18H2,1-3H3/t20-/m1/s1. The van der Waals surface area contributed by atoms with Gasteiger partial charge in [-0.1, -0.05) is 66.2 Å². The van der Waals surface area contributed by atoms with Gasteiger partial charge >= 0.3 is 5.97 Å². The van der Waals surface area contributed by atoms with E-state index in [1.807, 2.05) is 84.3 Å². The molecule has 0 bridgehead atoms. The zero-order valence-electron chi connectivity index (χ0n) is 19.7. The number of aryl methyl sites for hydroxylation is 3. The van der Waals surface area contributed by atoms with Gasteiger partial charge in [0.2, 0.25) is 5.78 Å². The van der Waals surface area contributed by atoms with Gasteiger partial charge in [0, 0.05) is 12.1 Å². The van der Waals surface area contributed by atoms with Gasteiger partial charge in [0.15, 0.2) is 11.9 Å². The largest absolute Gasteiger partial charge is 0.467 e. The van der Waals surface area contributed by atoms with E-state index in [2.05, 4.69) is 9.72 Å². The molecule has 0 unspecified atom stereocenters. The predicted octanol–water partition coefficient (Wildman–Crippen LogP) is 4.90. The van der Waals surface area contributed by atoms with Gasteiger partial charge in [0.25, 0.3) is 0 Å². The van der Waals surface area contributed by atoms with Crippen LogP contribution in [0.15, 0.2) is 72.8 Å². The third kappa shape index (κ3) is 5.24. The highest BCUT2D eigenvalue weighted by Gasteiger charge is 2.19. The molecule has 1 heterocycles. The Labute approximate surface area is 199 Å². The first-order valence-corrected chi connectivity index (χ1v) is 11.3. The van der Waals surface area contributed by atoms with Crippen LogP contribution in [0, 0.1) is 6.92 Å². The molecule has 34 heavy (non-hydrogen) atoms. The van der Waals surface area contributed by atoms with E-state index in [0.717, 1.165) is 34.1 Å². The topological polar surface area (TPSA) is 70.4 Å². The van der Waals surface area contributed by atoms with E-state index < -0.39 is 6.10 Å². The van der Waals surface area contributed by atoms with Gasteiger partial charge in [-0.15, -0.1) is 0 Å². The molecule has 0 saturated carbocycles. The van der Waals surface area contributed by atoms with Gasteiger partial charge in [-0.05, 0) is 43.5 Å². The van der Waals surface area contributed by atoms with Crippen LogP contribution in [0.2, 0.25) is 0 Å². The first-order valence-electron chi connectivity index (χ1n) is 11.3. The molecule has 4 aromatic rings.